The Morgan fingerprint density at radius 1 is 1.07 bits per heavy atom. The Morgan fingerprint density at radius 2 is 1.63 bits per heavy atom. The Labute approximate surface area is 161 Å². The summed E-state index contributed by atoms with van der Waals surface area (Å²) in [7, 11) is 0. The van der Waals surface area contributed by atoms with Gasteiger partial charge in [0.15, 0.2) is 0 Å². The fraction of sp³-hybridized carbons (Fsp3) is 0.650. The molecule has 2 saturated heterocycles. The third-order valence-corrected chi connectivity index (χ3v) is 6.09. The zero-order valence-corrected chi connectivity index (χ0v) is 16.5. The van der Waals surface area contributed by atoms with Crippen molar-refractivity contribution in [3.63, 3.8) is 0 Å². The first kappa shape index (κ1) is 19.6. The number of hydrogen-bond donors (Lipinski definition) is 0. The lowest BCUT2D eigenvalue weighted by molar-refractivity contribution is -0.384. The summed E-state index contributed by atoms with van der Waals surface area (Å²) in [6.07, 6.45) is 3.39. The highest BCUT2D eigenvalue weighted by atomic mass is 16.6. The van der Waals surface area contributed by atoms with Gasteiger partial charge >= 0.3 is 0 Å². The highest BCUT2D eigenvalue weighted by molar-refractivity contribution is 5.82. The van der Waals surface area contributed by atoms with Crippen LogP contribution in [0.2, 0.25) is 0 Å². The van der Waals surface area contributed by atoms with Crippen LogP contribution in [-0.4, -0.2) is 64.9 Å². The van der Waals surface area contributed by atoms with Crippen molar-refractivity contribution in [1.82, 2.24) is 9.80 Å². The van der Waals surface area contributed by atoms with Crippen molar-refractivity contribution in [1.29, 1.82) is 0 Å². The molecule has 0 unspecified atom stereocenters. The normalized spacial score (nSPS) is 25.3. The molecule has 27 heavy (non-hydrogen) atoms. The summed E-state index contributed by atoms with van der Waals surface area (Å²) < 4.78 is 0. The molecule has 0 radical (unpaired) electrons. The van der Waals surface area contributed by atoms with Crippen molar-refractivity contribution in [2.75, 3.05) is 31.1 Å². The van der Waals surface area contributed by atoms with Gasteiger partial charge < -0.3 is 9.80 Å². The van der Waals surface area contributed by atoms with Crippen LogP contribution in [0, 0.1) is 10.1 Å². The van der Waals surface area contributed by atoms with Crippen LogP contribution in [0.4, 0.5) is 11.4 Å². The maximum Gasteiger partial charge on any atom is 0.269 e. The third kappa shape index (κ3) is 4.24. The molecule has 7 nitrogen and oxygen atoms in total. The molecule has 0 aromatic heterocycles. The second kappa shape index (κ2) is 8.25. The maximum absolute atomic E-state index is 13.1. The molecule has 3 atom stereocenters. The van der Waals surface area contributed by atoms with Gasteiger partial charge in [0.1, 0.15) is 0 Å². The molecular weight excluding hydrogens is 344 g/mol. The van der Waals surface area contributed by atoms with E-state index < -0.39 is 0 Å². The van der Waals surface area contributed by atoms with Crippen molar-refractivity contribution >= 4 is 17.3 Å². The van der Waals surface area contributed by atoms with Gasteiger partial charge in [-0.15, -0.1) is 0 Å². The van der Waals surface area contributed by atoms with Crippen LogP contribution >= 0.6 is 0 Å². The smallest absolute Gasteiger partial charge is 0.269 e. The predicted octanol–water partition coefficient (Wildman–Crippen LogP) is 2.89. The molecule has 148 valence electrons. The Morgan fingerprint density at radius 3 is 2.15 bits per heavy atom. The summed E-state index contributed by atoms with van der Waals surface area (Å²) in [5.41, 5.74) is 1.11. The zero-order chi connectivity index (χ0) is 19.6. The van der Waals surface area contributed by atoms with Crippen molar-refractivity contribution in [3.8, 4) is 0 Å². The average molecular weight is 374 g/mol. The van der Waals surface area contributed by atoms with Gasteiger partial charge in [0.25, 0.3) is 5.69 Å². The molecule has 0 aliphatic carbocycles. The molecule has 0 saturated carbocycles. The summed E-state index contributed by atoms with van der Waals surface area (Å²) >= 11 is 0. The van der Waals surface area contributed by atoms with Crippen LogP contribution in [-0.2, 0) is 4.79 Å². The second-order valence-electron chi connectivity index (χ2n) is 7.85. The van der Waals surface area contributed by atoms with Gasteiger partial charge in [-0.1, -0.05) is 0 Å². The number of nitrogens with zero attached hydrogens (tertiary/aromatic N) is 4. The van der Waals surface area contributed by atoms with Gasteiger partial charge in [0.05, 0.1) is 11.0 Å². The molecule has 3 rings (SSSR count). The molecule has 1 aromatic rings. The lowest BCUT2D eigenvalue weighted by atomic mass is 9.96. The lowest BCUT2D eigenvalue weighted by Crippen LogP contribution is -2.58. The van der Waals surface area contributed by atoms with E-state index in [1.54, 1.807) is 24.3 Å². The van der Waals surface area contributed by atoms with Crippen molar-refractivity contribution in [2.45, 2.75) is 58.2 Å². The van der Waals surface area contributed by atoms with Crippen molar-refractivity contribution in [2.24, 2.45) is 0 Å². The SMILES string of the molecule is C[C@H](C(=O)N1[C@@H](C)CCC[C@@H]1C)N1CCN(c2ccc([N+](=O)[O-])cc2)CC1. The molecule has 7 heteroatoms. The first-order chi connectivity index (χ1) is 12.9. The highest BCUT2D eigenvalue weighted by Crippen LogP contribution is 2.25. The summed E-state index contributed by atoms with van der Waals surface area (Å²) in [4.78, 5) is 30.1. The monoisotopic (exact) mass is 374 g/mol. The standard InChI is InChI=1S/C20H30N4O3/c1-15-5-4-6-16(2)23(15)20(25)17(3)21-11-13-22(14-12-21)18-7-9-19(10-8-18)24(26)27/h7-10,15-17H,4-6,11-14H2,1-3H3/t15-,16-,17+/m0/s1. The average Bonchev–Trinajstić information content (AvgIpc) is 2.67. The quantitative estimate of drug-likeness (QED) is 0.599. The first-order valence-electron chi connectivity index (χ1n) is 9.94. The minimum atomic E-state index is -0.377. The third-order valence-electron chi connectivity index (χ3n) is 6.09. The molecule has 2 heterocycles. The Bertz CT molecular complexity index is 660. The molecule has 2 fully saturated rings. The van der Waals surface area contributed by atoms with Gasteiger partial charge in [-0.25, -0.2) is 0 Å². The molecule has 2 aliphatic rings. The molecule has 1 aromatic carbocycles. The van der Waals surface area contributed by atoms with E-state index in [1.807, 2.05) is 6.92 Å². The van der Waals surface area contributed by atoms with E-state index in [-0.39, 0.29) is 22.6 Å². The zero-order valence-electron chi connectivity index (χ0n) is 16.5. The summed E-state index contributed by atoms with van der Waals surface area (Å²) in [6, 6.07) is 7.25. The van der Waals surface area contributed by atoms with Crippen molar-refractivity contribution < 1.29 is 9.72 Å². The number of carbonyl (C=O) groups excluding carboxylic acids is 1. The number of nitro groups is 1. The summed E-state index contributed by atoms with van der Waals surface area (Å²) in [6.45, 7) is 9.62. The predicted molar refractivity (Wildman–Crippen MR) is 106 cm³/mol. The second-order valence-corrected chi connectivity index (χ2v) is 7.85. The van der Waals surface area contributed by atoms with Gasteiger partial charge in [-0.05, 0) is 52.2 Å². The number of non-ortho nitro benzene ring substituents is 1. The van der Waals surface area contributed by atoms with Gasteiger partial charge in [0, 0.05) is 56.1 Å². The number of rotatable bonds is 4. The number of likely N-dealkylation sites (tertiary alicyclic amines) is 1. The molecule has 0 bridgehead atoms. The highest BCUT2D eigenvalue weighted by Gasteiger charge is 2.34. The molecular formula is C20H30N4O3. The number of piperidine rings is 1. The van der Waals surface area contributed by atoms with E-state index >= 15 is 0 Å². The number of carbonyl (C=O) groups is 1. The lowest BCUT2D eigenvalue weighted by Gasteiger charge is -2.44. The summed E-state index contributed by atoms with van der Waals surface area (Å²) in [5, 5.41) is 10.8. The van der Waals surface area contributed by atoms with Gasteiger partial charge in [-0.2, -0.15) is 0 Å². The van der Waals surface area contributed by atoms with E-state index in [9.17, 15) is 14.9 Å². The van der Waals surface area contributed by atoms with E-state index in [0.717, 1.165) is 44.7 Å². The maximum atomic E-state index is 13.1. The van der Waals surface area contributed by atoms with Crippen LogP contribution < -0.4 is 4.90 Å². The van der Waals surface area contributed by atoms with E-state index in [4.69, 9.17) is 0 Å². The Kier molecular flexibility index (Phi) is 5.99. The molecule has 0 N–H and O–H groups in total. The fourth-order valence-corrected chi connectivity index (χ4v) is 4.38. The number of nitro benzene ring substituents is 1. The first-order valence-corrected chi connectivity index (χ1v) is 9.94. The Hall–Kier alpha value is -2.15. The Balaban J connectivity index is 1.58. The largest absolute Gasteiger partial charge is 0.369 e. The topological polar surface area (TPSA) is 69.9 Å². The number of anilines is 1. The van der Waals surface area contributed by atoms with Crippen LogP contribution in [0.15, 0.2) is 24.3 Å². The number of piperazine rings is 1. The van der Waals surface area contributed by atoms with Gasteiger partial charge in [-0.3, -0.25) is 19.8 Å². The van der Waals surface area contributed by atoms with Crippen LogP contribution in [0.1, 0.15) is 40.0 Å². The number of amides is 1. The van der Waals surface area contributed by atoms with Crippen molar-refractivity contribution in [3.05, 3.63) is 34.4 Å². The van der Waals surface area contributed by atoms with Crippen LogP contribution in [0.5, 0.6) is 0 Å². The summed E-state index contributed by atoms with van der Waals surface area (Å²) in [5.74, 6) is 0.249. The van der Waals surface area contributed by atoms with Gasteiger partial charge in [0.2, 0.25) is 5.91 Å². The molecule has 1 amide bonds. The van der Waals surface area contributed by atoms with Crippen LogP contribution in [0.3, 0.4) is 0 Å². The number of hydrogen-bond acceptors (Lipinski definition) is 5. The van der Waals surface area contributed by atoms with E-state index in [0.29, 0.717) is 12.1 Å². The molecule has 0 spiro atoms. The number of benzene rings is 1. The fourth-order valence-electron chi connectivity index (χ4n) is 4.38. The van der Waals surface area contributed by atoms with Crippen LogP contribution in [0.25, 0.3) is 0 Å². The van der Waals surface area contributed by atoms with E-state index in [1.165, 1.54) is 6.42 Å². The minimum Gasteiger partial charge on any atom is -0.369 e. The molecule has 2 aliphatic heterocycles. The minimum absolute atomic E-state index is 0.105. The van der Waals surface area contributed by atoms with E-state index in [2.05, 4.69) is 28.5 Å².